The average Bonchev–Trinajstić information content (AvgIpc) is 3.39. The van der Waals surface area contributed by atoms with Crippen LogP contribution in [-0.2, 0) is 32.8 Å². The van der Waals surface area contributed by atoms with Crippen molar-refractivity contribution in [3.05, 3.63) is 42.5 Å². The molecule has 4 rings (SSSR count). The molecule has 5 atom stereocenters. The van der Waals surface area contributed by atoms with Crippen LogP contribution in [0, 0.1) is 0 Å². The lowest BCUT2D eigenvalue weighted by Crippen LogP contribution is -2.34. The molecule has 1 saturated heterocycles. The zero-order valence-electron chi connectivity index (χ0n) is 19.2. The van der Waals surface area contributed by atoms with E-state index in [0.717, 1.165) is 18.5 Å². The van der Waals surface area contributed by atoms with E-state index in [1.165, 1.54) is 27.7 Å². The van der Waals surface area contributed by atoms with Gasteiger partial charge in [0.05, 0.1) is 18.5 Å². The van der Waals surface area contributed by atoms with Crippen LogP contribution in [0.3, 0.4) is 0 Å². The van der Waals surface area contributed by atoms with Gasteiger partial charge in [0.15, 0.2) is 17.7 Å². The van der Waals surface area contributed by atoms with Crippen LogP contribution >= 0.6 is 7.82 Å². The van der Waals surface area contributed by atoms with E-state index < -0.39 is 72.6 Å². The van der Waals surface area contributed by atoms with Crippen LogP contribution in [0.25, 0.3) is 11.2 Å². The van der Waals surface area contributed by atoms with Gasteiger partial charge >= 0.3 is 24.3 Å². The number of imidazole rings is 1. The molecule has 1 aliphatic heterocycles. The van der Waals surface area contributed by atoms with Gasteiger partial charge in [-0.1, -0.05) is 12.1 Å². The lowest BCUT2D eigenvalue weighted by Gasteiger charge is -2.17. The SMILES string of the molecule is Nc1ncnc2c1ncn2[C@@H]1O[C@H](COP(=O)(O)OC(=O)OS(=O)(=O)NC(=O)c2ccccc2O)[C@@H](O)[C@H]1O. The second kappa shape index (κ2) is 10.7. The summed E-state index contributed by atoms with van der Waals surface area (Å²) in [5.41, 5.74) is 5.56. The van der Waals surface area contributed by atoms with E-state index in [1.807, 2.05) is 0 Å². The number of nitrogens with zero attached hydrogens (tertiary/aromatic N) is 4. The number of nitrogens with one attached hydrogen (secondary N) is 1. The smallest absolute Gasteiger partial charge is 0.507 e. The minimum absolute atomic E-state index is 0.0386. The predicted molar refractivity (Wildman–Crippen MR) is 123 cm³/mol. The molecule has 21 heteroatoms. The number of hydrogen-bond donors (Lipinski definition) is 6. The number of hydrogen-bond acceptors (Lipinski definition) is 16. The zero-order valence-corrected chi connectivity index (χ0v) is 20.9. The maximum Gasteiger partial charge on any atom is 0.533 e. The van der Waals surface area contributed by atoms with Crippen LogP contribution in [-0.4, -0.2) is 85.1 Å². The Labute approximate surface area is 217 Å². The quantitative estimate of drug-likeness (QED) is 0.166. The van der Waals surface area contributed by atoms with Gasteiger partial charge in [-0.3, -0.25) is 23.0 Å². The second-order valence-corrected chi connectivity index (χ2v) is 10.4. The summed E-state index contributed by atoms with van der Waals surface area (Å²) in [6.07, 6.45) is -5.96. The number of benzene rings is 1. The Hall–Kier alpha value is -3.91. The molecule has 39 heavy (non-hydrogen) atoms. The van der Waals surface area contributed by atoms with E-state index in [0.29, 0.717) is 0 Å². The first-order valence-electron chi connectivity index (χ1n) is 10.5. The summed E-state index contributed by atoms with van der Waals surface area (Å²) in [7, 11) is -10.6. The van der Waals surface area contributed by atoms with E-state index in [-0.39, 0.29) is 17.0 Å². The fourth-order valence-electron chi connectivity index (χ4n) is 3.40. The lowest BCUT2D eigenvalue weighted by molar-refractivity contribution is -0.0508. The number of amides is 1. The molecule has 0 aliphatic carbocycles. The molecule has 0 radical (unpaired) electrons. The highest BCUT2D eigenvalue weighted by atomic mass is 32.2. The van der Waals surface area contributed by atoms with Crippen LogP contribution < -0.4 is 10.5 Å². The molecule has 1 amide bonds. The van der Waals surface area contributed by atoms with Crippen LogP contribution in [0.2, 0.25) is 0 Å². The number of phosphoric acid groups is 1. The van der Waals surface area contributed by atoms with Gasteiger partial charge < -0.3 is 30.3 Å². The molecule has 1 fully saturated rings. The standard InChI is InChI=1S/C18H19N6O13PS/c19-14-11-15(21-6-20-14)24(7-22-11)17-13(27)12(26)10(35-17)5-34-38(30,31)36-18(29)37-39(32,33)23-16(28)8-3-1-2-4-9(8)25/h1-4,6-7,10,12-13,17,25-27H,5H2,(H,23,28)(H,30,31)(H2,19,20,21)/t10-,12-,13-,17-/m1/s1. The first-order valence-corrected chi connectivity index (χ1v) is 13.4. The van der Waals surface area contributed by atoms with E-state index in [4.69, 9.17) is 10.5 Å². The minimum Gasteiger partial charge on any atom is -0.507 e. The number of nitrogen functional groups attached to an aromatic ring is 1. The van der Waals surface area contributed by atoms with Crippen molar-refractivity contribution in [3.8, 4) is 5.75 Å². The third-order valence-corrected chi connectivity index (χ3v) is 6.78. The van der Waals surface area contributed by atoms with Gasteiger partial charge in [0, 0.05) is 0 Å². The molecule has 3 heterocycles. The van der Waals surface area contributed by atoms with Crippen molar-refractivity contribution in [1.82, 2.24) is 24.2 Å². The Bertz CT molecular complexity index is 1570. The summed E-state index contributed by atoms with van der Waals surface area (Å²) < 4.78 is 56.3. The predicted octanol–water partition coefficient (Wildman–Crippen LogP) is -1.32. The number of rotatable bonds is 8. The molecule has 1 unspecified atom stereocenters. The summed E-state index contributed by atoms with van der Waals surface area (Å²) in [5.74, 6) is -1.93. The van der Waals surface area contributed by atoms with Gasteiger partial charge in [-0.25, -0.2) is 29.0 Å². The number of ether oxygens (including phenoxy) is 1. The Morgan fingerprint density at radius 3 is 2.62 bits per heavy atom. The number of carbonyl (C=O) groups excluding carboxylic acids is 2. The maximum absolute atomic E-state index is 12.1. The molecule has 0 saturated carbocycles. The number of carbonyl (C=O) groups is 2. The number of aliphatic hydroxyl groups excluding tert-OH is 2. The van der Waals surface area contributed by atoms with Gasteiger partial charge in [-0.05, 0) is 12.1 Å². The van der Waals surface area contributed by atoms with Crippen LogP contribution in [0.5, 0.6) is 5.75 Å². The number of para-hydroxylation sites is 1. The van der Waals surface area contributed by atoms with Crippen molar-refractivity contribution in [2.24, 2.45) is 0 Å². The molecule has 3 aromatic rings. The van der Waals surface area contributed by atoms with Gasteiger partial charge in [-0.2, -0.15) is 8.42 Å². The number of anilines is 1. The molecule has 0 bridgehead atoms. The molecule has 2 aromatic heterocycles. The number of aromatic hydroxyl groups is 1. The van der Waals surface area contributed by atoms with Crippen molar-refractivity contribution in [2.75, 3.05) is 12.3 Å². The Kier molecular flexibility index (Phi) is 7.70. The van der Waals surface area contributed by atoms with Crippen LogP contribution in [0.15, 0.2) is 36.9 Å². The largest absolute Gasteiger partial charge is 0.533 e. The summed E-state index contributed by atoms with van der Waals surface area (Å²) >= 11 is 0. The molecule has 1 aliphatic rings. The Balaban J connectivity index is 1.33. The maximum atomic E-state index is 12.1. The monoisotopic (exact) mass is 590 g/mol. The molecular weight excluding hydrogens is 571 g/mol. The van der Waals surface area contributed by atoms with Crippen LogP contribution in [0.1, 0.15) is 16.6 Å². The molecule has 19 nitrogen and oxygen atoms in total. The highest BCUT2D eigenvalue weighted by molar-refractivity contribution is 7.85. The van der Waals surface area contributed by atoms with Crippen LogP contribution in [0.4, 0.5) is 10.6 Å². The fraction of sp³-hybridized carbons (Fsp3) is 0.278. The first kappa shape index (κ1) is 28.1. The van der Waals surface area contributed by atoms with E-state index in [9.17, 15) is 42.8 Å². The normalized spacial score (nSPS) is 22.7. The number of nitrogens with two attached hydrogens (primary N) is 1. The van der Waals surface area contributed by atoms with E-state index in [2.05, 4.69) is 28.2 Å². The van der Waals surface area contributed by atoms with Crippen molar-refractivity contribution >= 4 is 47.2 Å². The number of phenols is 1. The second-order valence-electron chi connectivity index (χ2n) is 7.72. The van der Waals surface area contributed by atoms with Gasteiger partial charge in [0.2, 0.25) is 0 Å². The van der Waals surface area contributed by atoms with Crippen molar-refractivity contribution in [1.29, 1.82) is 0 Å². The van der Waals surface area contributed by atoms with E-state index in [1.54, 1.807) is 0 Å². The molecule has 7 N–H and O–H groups in total. The number of phenolic OH excluding ortho intramolecular Hbond substituents is 1. The summed E-state index contributed by atoms with van der Waals surface area (Å²) in [5, 5.41) is 30.3. The molecule has 0 spiro atoms. The van der Waals surface area contributed by atoms with Crippen molar-refractivity contribution in [3.63, 3.8) is 0 Å². The van der Waals surface area contributed by atoms with Crippen molar-refractivity contribution in [2.45, 2.75) is 24.5 Å². The highest BCUT2D eigenvalue weighted by Gasteiger charge is 2.46. The Morgan fingerprint density at radius 1 is 1.18 bits per heavy atom. The van der Waals surface area contributed by atoms with Gasteiger partial charge in [0.1, 0.15) is 35.9 Å². The molecular formula is C18H19N6O13PS. The number of aromatic nitrogens is 4. The molecule has 1 aromatic carbocycles. The average molecular weight is 590 g/mol. The lowest BCUT2D eigenvalue weighted by atomic mass is 10.1. The number of aliphatic hydroxyl groups is 2. The third-order valence-electron chi connectivity index (χ3n) is 5.13. The third kappa shape index (κ3) is 6.23. The van der Waals surface area contributed by atoms with Gasteiger partial charge in [-0.15, -0.1) is 0 Å². The topological polar surface area (TPSA) is 285 Å². The summed E-state index contributed by atoms with van der Waals surface area (Å²) in [6, 6.07) is 4.82. The minimum atomic E-state index is -5.38. The Morgan fingerprint density at radius 2 is 1.90 bits per heavy atom. The number of fused-ring (bicyclic) bond motifs is 1. The summed E-state index contributed by atoms with van der Waals surface area (Å²) in [4.78, 5) is 45.2. The summed E-state index contributed by atoms with van der Waals surface area (Å²) in [6.45, 7) is -0.934. The first-order chi connectivity index (χ1) is 18.3. The zero-order chi connectivity index (χ0) is 28.5. The van der Waals surface area contributed by atoms with Crippen molar-refractivity contribution < 1.29 is 60.8 Å². The fourth-order valence-corrected chi connectivity index (χ4v) is 4.66. The van der Waals surface area contributed by atoms with E-state index >= 15 is 0 Å². The van der Waals surface area contributed by atoms with Gasteiger partial charge in [0.25, 0.3) is 5.91 Å². The molecule has 210 valence electrons. The number of phosphoric ester groups is 1. The highest BCUT2D eigenvalue weighted by Crippen LogP contribution is 2.45.